The van der Waals surface area contributed by atoms with Crippen LogP contribution in [-0.4, -0.2) is 24.5 Å². The van der Waals surface area contributed by atoms with Gasteiger partial charge in [0.2, 0.25) is 0 Å². The fraction of sp³-hybridized carbons (Fsp3) is 0.692. The van der Waals surface area contributed by atoms with Crippen molar-refractivity contribution in [1.29, 1.82) is 0 Å². The number of furan rings is 1. The van der Waals surface area contributed by atoms with Gasteiger partial charge in [-0.2, -0.15) is 0 Å². The van der Waals surface area contributed by atoms with Crippen LogP contribution in [0.25, 0.3) is 0 Å². The molecule has 0 aliphatic heterocycles. The van der Waals surface area contributed by atoms with Gasteiger partial charge in [-0.25, -0.2) is 0 Å². The zero-order valence-electron chi connectivity index (χ0n) is 10.9. The number of hydrogen-bond donors (Lipinski definition) is 1. The van der Waals surface area contributed by atoms with E-state index < -0.39 is 0 Å². The molecule has 1 aromatic rings. The smallest absolute Gasteiger partial charge is 0.118 e. The Hall–Kier alpha value is -0.800. The molecule has 3 nitrogen and oxygen atoms in total. The fourth-order valence-electron chi connectivity index (χ4n) is 1.65. The second kappa shape index (κ2) is 6.71. The Balaban J connectivity index is 2.39. The number of rotatable bonds is 7. The lowest BCUT2D eigenvalue weighted by atomic mass is 10.2. The third-order valence-corrected chi connectivity index (χ3v) is 2.45. The molecule has 16 heavy (non-hydrogen) atoms. The minimum atomic E-state index is 0.515. The second-order valence-electron chi connectivity index (χ2n) is 4.69. The molecule has 0 amide bonds. The third-order valence-electron chi connectivity index (χ3n) is 2.45. The van der Waals surface area contributed by atoms with E-state index in [1.807, 2.05) is 6.26 Å². The first-order valence-electron chi connectivity index (χ1n) is 6.10. The Morgan fingerprint density at radius 1 is 1.44 bits per heavy atom. The van der Waals surface area contributed by atoms with Crippen molar-refractivity contribution in [3.05, 3.63) is 23.7 Å². The highest BCUT2D eigenvalue weighted by Crippen LogP contribution is 2.10. The zero-order chi connectivity index (χ0) is 12.0. The van der Waals surface area contributed by atoms with E-state index in [-0.39, 0.29) is 0 Å². The van der Waals surface area contributed by atoms with Crippen LogP contribution in [0.2, 0.25) is 0 Å². The van der Waals surface area contributed by atoms with Gasteiger partial charge in [-0.15, -0.1) is 0 Å². The van der Waals surface area contributed by atoms with E-state index in [0.29, 0.717) is 6.04 Å². The first kappa shape index (κ1) is 13.3. The lowest BCUT2D eigenvalue weighted by molar-refractivity contribution is 0.295. The van der Waals surface area contributed by atoms with Crippen LogP contribution in [0.1, 0.15) is 38.5 Å². The topological polar surface area (TPSA) is 28.4 Å². The Kier molecular flexibility index (Phi) is 5.56. The van der Waals surface area contributed by atoms with Crippen molar-refractivity contribution in [2.75, 3.05) is 13.6 Å². The highest BCUT2D eigenvalue weighted by atomic mass is 16.3. The summed E-state index contributed by atoms with van der Waals surface area (Å²) in [6.07, 6.45) is 3.03. The molecule has 1 heterocycles. The predicted octanol–water partition coefficient (Wildman–Crippen LogP) is 2.62. The summed E-state index contributed by atoms with van der Waals surface area (Å²) in [5, 5.41) is 3.38. The van der Waals surface area contributed by atoms with E-state index >= 15 is 0 Å². The van der Waals surface area contributed by atoms with Crippen molar-refractivity contribution in [2.24, 2.45) is 0 Å². The summed E-state index contributed by atoms with van der Waals surface area (Å²) in [5.41, 5.74) is 1.23. The van der Waals surface area contributed by atoms with Crippen molar-refractivity contribution in [3.8, 4) is 0 Å². The van der Waals surface area contributed by atoms with Gasteiger partial charge in [0.05, 0.1) is 12.8 Å². The molecule has 1 aromatic heterocycles. The molecular weight excluding hydrogens is 200 g/mol. The highest BCUT2D eigenvalue weighted by Gasteiger charge is 2.05. The van der Waals surface area contributed by atoms with Crippen LogP contribution in [-0.2, 0) is 13.1 Å². The largest absolute Gasteiger partial charge is 0.468 e. The standard InChI is InChI=1S/C13H24N2O/c1-5-6-15(4)9-13-7-12(10-16-13)8-14-11(2)3/h7,10-11,14H,5-6,8-9H2,1-4H3. The zero-order valence-corrected chi connectivity index (χ0v) is 10.9. The van der Waals surface area contributed by atoms with Crippen molar-refractivity contribution in [3.63, 3.8) is 0 Å². The van der Waals surface area contributed by atoms with Crippen molar-refractivity contribution in [1.82, 2.24) is 10.2 Å². The van der Waals surface area contributed by atoms with Gasteiger partial charge < -0.3 is 9.73 Å². The van der Waals surface area contributed by atoms with Crippen LogP contribution in [0.4, 0.5) is 0 Å². The number of nitrogens with zero attached hydrogens (tertiary/aromatic N) is 1. The third kappa shape index (κ3) is 4.81. The Labute approximate surface area is 98.8 Å². The van der Waals surface area contributed by atoms with Crippen LogP contribution in [0, 0.1) is 0 Å². The molecule has 0 aromatic carbocycles. The molecule has 0 atom stereocenters. The first-order chi connectivity index (χ1) is 7.61. The Morgan fingerprint density at radius 3 is 2.81 bits per heavy atom. The quantitative estimate of drug-likeness (QED) is 0.771. The van der Waals surface area contributed by atoms with Crippen LogP contribution < -0.4 is 5.32 Å². The molecule has 0 saturated carbocycles. The Morgan fingerprint density at radius 2 is 2.19 bits per heavy atom. The molecular formula is C13H24N2O. The molecule has 0 unspecified atom stereocenters. The number of hydrogen-bond acceptors (Lipinski definition) is 3. The van der Waals surface area contributed by atoms with Gasteiger partial charge in [0.15, 0.2) is 0 Å². The average molecular weight is 224 g/mol. The summed E-state index contributed by atoms with van der Waals surface area (Å²) in [5.74, 6) is 1.05. The van der Waals surface area contributed by atoms with E-state index in [0.717, 1.165) is 25.4 Å². The van der Waals surface area contributed by atoms with Gasteiger partial charge in [-0.3, -0.25) is 4.90 Å². The summed E-state index contributed by atoms with van der Waals surface area (Å²) in [6, 6.07) is 2.66. The SMILES string of the molecule is CCCN(C)Cc1cc(CNC(C)C)co1. The van der Waals surface area contributed by atoms with Crippen molar-refractivity contribution >= 4 is 0 Å². The lowest BCUT2D eigenvalue weighted by Gasteiger charge is -2.12. The molecule has 1 rings (SSSR count). The minimum absolute atomic E-state index is 0.515. The average Bonchev–Trinajstić information content (AvgIpc) is 2.63. The van der Waals surface area contributed by atoms with Crippen molar-refractivity contribution in [2.45, 2.75) is 46.3 Å². The van der Waals surface area contributed by atoms with Crippen molar-refractivity contribution < 1.29 is 4.42 Å². The van der Waals surface area contributed by atoms with Gasteiger partial charge in [-0.05, 0) is 26.1 Å². The summed E-state index contributed by atoms with van der Waals surface area (Å²) >= 11 is 0. The van der Waals surface area contributed by atoms with Crippen LogP contribution in [0.15, 0.2) is 16.7 Å². The Bertz CT molecular complexity index is 294. The minimum Gasteiger partial charge on any atom is -0.468 e. The van der Waals surface area contributed by atoms with Gasteiger partial charge >= 0.3 is 0 Å². The van der Waals surface area contributed by atoms with Gasteiger partial charge in [0, 0.05) is 18.2 Å². The molecule has 1 N–H and O–H groups in total. The summed E-state index contributed by atoms with van der Waals surface area (Å²) < 4.78 is 5.53. The predicted molar refractivity (Wildman–Crippen MR) is 67.3 cm³/mol. The van der Waals surface area contributed by atoms with Gasteiger partial charge in [0.25, 0.3) is 0 Å². The molecule has 92 valence electrons. The van der Waals surface area contributed by atoms with Crippen LogP contribution in [0.3, 0.4) is 0 Å². The molecule has 0 saturated heterocycles. The van der Waals surface area contributed by atoms with Crippen LogP contribution in [0.5, 0.6) is 0 Å². The maximum Gasteiger partial charge on any atom is 0.118 e. The normalized spacial score (nSPS) is 11.6. The molecule has 0 spiro atoms. The molecule has 0 bridgehead atoms. The highest BCUT2D eigenvalue weighted by molar-refractivity contribution is 5.12. The molecule has 0 aliphatic carbocycles. The van der Waals surface area contributed by atoms with Gasteiger partial charge in [0.1, 0.15) is 5.76 Å². The summed E-state index contributed by atoms with van der Waals surface area (Å²) in [6.45, 7) is 9.39. The van der Waals surface area contributed by atoms with E-state index in [9.17, 15) is 0 Å². The second-order valence-corrected chi connectivity index (χ2v) is 4.69. The molecule has 0 fully saturated rings. The summed E-state index contributed by atoms with van der Waals surface area (Å²) in [4.78, 5) is 2.28. The maximum absolute atomic E-state index is 5.53. The number of nitrogens with one attached hydrogen (secondary N) is 1. The van der Waals surface area contributed by atoms with Crippen LogP contribution >= 0.6 is 0 Å². The van der Waals surface area contributed by atoms with E-state index in [4.69, 9.17) is 4.42 Å². The van der Waals surface area contributed by atoms with E-state index in [1.54, 1.807) is 0 Å². The maximum atomic E-state index is 5.53. The van der Waals surface area contributed by atoms with E-state index in [1.165, 1.54) is 12.0 Å². The lowest BCUT2D eigenvalue weighted by Crippen LogP contribution is -2.21. The monoisotopic (exact) mass is 224 g/mol. The first-order valence-corrected chi connectivity index (χ1v) is 6.10. The molecule has 3 heteroatoms. The molecule has 0 aliphatic rings. The van der Waals surface area contributed by atoms with E-state index in [2.05, 4.69) is 44.1 Å². The fourth-order valence-corrected chi connectivity index (χ4v) is 1.65. The molecule has 0 radical (unpaired) electrons. The van der Waals surface area contributed by atoms with Gasteiger partial charge in [-0.1, -0.05) is 20.8 Å². The summed E-state index contributed by atoms with van der Waals surface area (Å²) in [7, 11) is 2.12.